The van der Waals surface area contributed by atoms with Gasteiger partial charge in [-0.05, 0) is 45.3 Å². The molecule has 0 aromatic heterocycles. The average Bonchev–Trinajstić information content (AvgIpc) is 2.49. The Morgan fingerprint density at radius 2 is 2.00 bits per heavy atom. The second kappa shape index (κ2) is 7.22. The normalized spacial score (nSPS) is 10.2. The van der Waals surface area contributed by atoms with E-state index in [1.807, 2.05) is 30.3 Å². The molecule has 3 nitrogen and oxygen atoms in total. The summed E-state index contributed by atoms with van der Waals surface area (Å²) < 4.78 is 13.9. The molecule has 2 rings (SSSR count). The van der Waals surface area contributed by atoms with Gasteiger partial charge >= 0.3 is 0 Å². The van der Waals surface area contributed by atoms with Crippen LogP contribution in [-0.2, 0) is 17.8 Å². The SMILES string of the molecule is CNC(=O)Cc1ccccc1NCc1ccc(Br)c(F)c1. The molecule has 2 N–H and O–H groups in total. The number of likely N-dealkylation sites (N-methyl/N-ethyl adjacent to an activating group) is 1. The number of carbonyl (C=O) groups excluding carboxylic acids is 1. The lowest BCUT2D eigenvalue weighted by atomic mass is 10.1. The van der Waals surface area contributed by atoms with E-state index >= 15 is 0 Å². The monoisotopic (exact) mass is 350 g/mol. The van der Waals surface area contributed by atoms with Crippen LogP contribution in [0.15, 0.2) is 46.9 Å². The van der Waals surface area contributed by atoms with Crippen molar-refractivity contribution in [2.24, 2.45) is 0 Å². The zero-order chi connectivity index (χ0) is 15.2. The van der Waals surface area contributed by atoms with Crippen LogP contribution >= 0.6 is 15.9 Å². The number of hydrogen-bond donors (Lipinski definition) is 2. The van der Waals surface area contributed by atoms with Crippen molar-refractivity contribution in [3.05, 3.63) is 63.9 Å². The summed E-state index contributed by atoms with van der Waals surface area (Å²) in [7, 11) is 1.61. The lowest BCUT2D eigenvalue weighted by Crippen LogP contribution is -2.20. The summed E-state index contributed by atoms with van der Waals surface area (Å²) in [6, 6.07) is 12.6. The van der Waals surface area contributed by atoms with Gasteiger partial charge in [0.15, 0.2) is 0 Å². The van der Waals surface area contributed by atoms with E-state index in [0.29, 0.717) is 17.4 Å². The number of halogens is 2. The highest BCUT2D eigenvalue weighted by atomic mass is 79.9. The second-order valence-electron chi connectivity index (χ2n) is 4.61. The summed E-state index contributed by atoms with van der Waals surface area (Å²) in [4.78, 5) is 11.5. The number of rotatable bonds is 5. The van der Waals surface area contributed by atoms with Crippen molar-refractivity contribution in [3.63, 3.8) is 0 Å². The van der Waals surface area contributed by atoms with Gasteiger partial charge in [-0.3, -0.25) is 4.79 Å². The van der Waals surface area contributed by atoms with Crippen LogP contribution in [0.5, 0.6) is 0 Å². The van der Waals surface area contributed by atoms with Crippen LogP contribution in [0.25, 0.3) is 0 Å². The van der Waals surface area contributed by atoms with Crippen LogP contribution in [-0.4, -0.2) is 13.0 Å². The first-order valence-electron chi connectivity index (χ1n) is 6.56. The molecule has 5 heteroatoms. The molecule has 2 aromatic rings. The third kappa shape index (κ3) is 4.29. The van der Waals surface area contributed by atoms with Crippen LogP contribution in [0.2, 0.25) is 0 Å². The van der Waals surface area contributed by atoms with E-state index < -0.39 is 0 Å². The first kappa shape index (κ1) is 15.5. The van der Waals surface area contributed by atoms with Crippen LogP contribution in [0.4, 0.5) is 10.1 Å². The summed E-state index contributed by atoms with van der Waals surface area (Å²) in [5.41, 5.74) is 2.63. The first-order valence-corrected chi connectivity index (χ1v) is 7.35. The van der Waals surface area contributed by atoms with Crippen molar-refractivity contribution in [1.82, 2.24) is 5.32 Å². The van der Waals surface area contributed by atoms with E-state index in [4.69, 9.17) is 0 Å². The van der Waals surface area contributed by atoms with Gasteiger partial charge in [0, 0.05) is 19.3 Å². The zero-order valence-electron chi connectivity index (χ0n) is 11.6. The molecule has 0 unspecified atom stereocenters. The third-order valence-corrected chi connectivity index (χ3v) is 3.76. The summed E-state index contributed by atoms with van der Waals surface area (Å²) in [6.45, 7) is 0.495. The Morgan fingerprint density at radius 1 is 1.24 bits per heavy atom. The maximum absolute atomic E-state index is 13.5. The number of anilines is 1. The molecule has 0 fully saturated rings. The highest BCUT2D eigenvalue weighted by Crippen LogP contribution is 2.19. The number of carbonyl (C=O) groups is 1. The van der Waals surface area contributed by atoms with Crippen LogP contribution in [0, 0.1) is 5.82 Å². The zero-order valence-corrected chi connectivity index (χ0v) is 13.2. The van der Waals surface area contributed by atoms with E-state index in [1.165, 1.54) is 6.07 Å². The predicted molar refractivity (Wildman–Crippen MR) is 85.6 cm³/mol. The van der Waals surface area contributed by atoms with Crippen molar-refractivity contribution >= 4 is 27.5 Å². The standard InChI is InChI=1S/C16H16BrFN2O/c1-19-16(21)9-12-4-2-3-5-15(12)20-10-11-6-7-13(17)14(18)8-11/h2-8,20H,9-10H2,1H3,(H,19,21). The van der Waals surface area contributed by atoms with Gasteiger partial charge < -0.3 is 10.6 Å². The third-order valence-electron chi connectivity index (χ3n) is 3.11. The molecule has 0 heterocycles. The maximum atomic E-state index is 13.5. The first-order chi connectivity index (χ1) is 10.1. The Bertz CT molecular complexity index is 646. The molecule has 0 aliphatic rings. The quantitative estimate of drug-likeness (QED) is 0.866. The fourth-order valence-corrected chi connectivity index (χ4v) is 2.20. The summed E-state index contributed by atoms with van der Waals surface area (Å²) in [5, 5.41) is 5.85. The lowest BCUT2D eigenvalue weighted by molar-refractivity contribution is -0.119. The van der Waals surface area contributed by atoms with E-state index in [9.17, 15) is 9.18 Å². The molecule has 0 radical (unpaired) electrons. The van der Waals surface area contributed by atoms with Crippen molar-refractivity contribution in [1.29, 1.82) is 0 Å². The van der Waals surface area contributed by atoms with Crippen molar-refractivity contribution in [2.45, 2.75) is 13.0 Å². The van der Waals surface area contributed by atoms with Gasteiger partial charge in [0.1, 0.15) is 5.82 Å². The molecule has 21 heavy (non-hydrogen) atoms. The molecule has 0 spiro atoms. The van der Waals surface area contributed by atoms with E-state index in [2.05, 4.69) is 26.6 Å². The molecule has 0 bridgehead atoms. The fraction of sp³-hybridized carbons (Fsp3) is 0.188. The predicted octanol–water partition coefficient (Wildman–Crippen LogP) is 3.49. The van der Waals surface area contributed by atoms with Gasteiger partial charge in [-0.15, -0.1) is 0 Å². The van der Waals surface area contributed by atoms with E-state index in [-0.39, 0.29) is 11.7 Å². The largest absolute Gasteiger partial charge is 0.381 e. The van der Waals surface area contributed by atoms with E-state index in [1.54, 1.807) is 13.1 Å². The molecule has 1 amide bonds. The van der Waals surface area contributed by atoms with Gasteiger partial charge in [0.05, 0.1) is 10.9 Å². The lowest BCUT2D eigenvalue weighted by Gasteiger charge is -2.12. The van der Waals surface area contributed by atoms with Crippen LogP contribution in [0.1, 0.15) is 11.1 Å². The molecular weight excluding hydrogens is 335 g/mol. The minimum atomic E-state index is -0.284. The highest BCUT2D eigenvalue weighted by Gasteiger charge is 2.07. The highest BCUT2D eigenvalue weighted by molar-refractivity contribution is 9.10. The van der Waals surface area contributed by atoms with Crippen LogP contribution < -0.4 is 10.6 Å². The van der Waals surface area contributed by atoms with Crippen molar-refractivity contribution in [2.75, 3.05) is 12.4 Å². The molecule has 0 aliphatic heterocycles. The Balaban J connectivity index is 2.09. The summed E-state index contributed by atoms with van der Waals surface area (Å²) in [5.74, 6) is -0.327. The molecule has 0 saturated heterocycles. The summed E-state index contributed by atoms with van der Waals surface area (Å²) in [6.07, 6.45) is 0.314. The maximum Gasteiger partial charge on any atom is 0.224 e. The van der Waals surface area contributed by atoms with Crippen molar-refractivity contribution in [3.8, 4) is 0 Å². The van der Waals surface area contributed by atoms with Crippen molar-refractivity contribution < 1.29 is 9.18 Å². The second-order valence-corrected chi connectivity index (χ2v) is 5.46. The Morgan fingerprint density at radius 3 is 2.71 bits per heavy atom. The smallest absolute Gasteiger partial charge is 0.224 e. The molecular formula is C16H16BrFN2O. The number of benzene rings is 2. The van der Waals surface area contributed by atoms with Gasteiger partial charge in [-0.25, -0.2) is 4.39 Å². The minimum absolute atomic E-state index is 0.0427. The number of hydrogen-bond acceptors (Lipinski definition) is 2. The van der Waals surface area contributed by atoms with Gasteiger partial charge in [-0.2, -0.15) is 0 Å². The minimum Gasteiger partial charge on any atom is -0.381 e. The Hall–Kier alpha value is -1.88. The van der Waals surface area contributed by atoms with Crippen LogP contribution in [0.3, 0.4) is 0 Å². The number of para-hydroxylation sites is 1. The Kier molecular flexibility index (Phi) is 5.33. The summed E-state index contributed by atoms with van der Waals surface area (Å²) >= 11 is 3.13. The van der Waals surface area contributed by atoms with E-state index in [0.717, 1.165) is 16.8 Å². The molecule has 0 saturated carbocycles. The number of nitrogens with one attached hydrogen (secondary N) is 2. The van der Waals surface area contributed by atoms with Gasteiger partial charge in [0.2, 0.25) is 5.91 Å². The van der Waals surface area contributed by atoms with Gasteiger partial charge in [-0.1, -0.05) is 24.3 Å². The topological polar surface area (TPSA) is 41.1 Å². The van der Waals surface area contributed by atoms with Gasteiger partial charge in [0.25, 0.3) is 0 Å². The molecule has 0 atom stereocenters. The number of amides is 1. The molecule has 0 aliphatic carbocycles. The molecule has 110 valence electrons. The average molecular weight is 351 g/mol. The fourth-order valence-electron chi connectivity index (χ4n) is 1.96. The Labute approximate surface area is 131 Å². The molecule has 2 aromatic carbocycles.